The van der Waals surface area contributed by atoms with Gasteiger partial charge in [-0.2, -0.15) is 4.98 Å². The first kappa shape index (κ1) is 27.2. The van der Waals surface area contributed by atoms with Crippen LogP contribution >= 0.6 is 0 Å². The van der Waals surface area contributed by atoms with E-state index in [0.717, 1.165) is 56.7 Å². The number of carbonyl (C=O) groups excluding carboxylic acids is 1. The standard InChI is InChI=1S/C27H36N8O3/c1-20(36)28-12-17-34(13-3-2-7-22-9-8-21-6-4-11-29-26(21)32-22)16-10-23(27(37)38)33-24-18-25(31-19-30-24)35-14-5-15-35/h5,8-9,14-15,18-19,23H,2-4,6-7,10-13,16-17H2,1H3,(H3-,28,29,30,31,32,33,36,37,38)/p+1/t23-/m0/s1. The van der Waals surface area contributed by atoms with E-state index in [2.05, 4.69) is 43.0 Å². The van der Waals surface area contributed by atoms with Crippen molar-refractivity contribution >= 4 is 35.5 Å². The zero-order chi connectivity index (χ0) is 26.7. The molecule has 11 nitrogen and oxygen atoms in total. The number of rotatable bonds is 15. The van der Waals surface area contributed by atoms with Crippen LogP contribution < -0.4 is 16.0 Å². The van der Waals surface area contributed by atoms with E-state index >= 15 is 0 Å². The highest BCUT2D eigenvalue weighted by Crippen LogP contribution is 2.20. The lowest BCUT2D eigenvalue weighted by Gasteiger charge is -2.24. The summed E-state index contributed by atoms with van der Waals surface area (Å²) >= 11 is 0. The summed E-state index contributed by atoms with van der Waals surface area (Å²) in [5, 5.41) is 19.1. The fourth-order valence-corrected chi connectivity index (χ4v) is 4.51. The first-order valence-corrected chi connectivity index (χ1v) is 13.3. The summed E-state index contributed by atoms with van der Waals surface area (Å²) in [6.45, 7) is 5.04. The molecule has 0 fully saturated rings. The maximum Gasteiger partial charge on any atom is 0.333 e. The fraction of sp³-hybridized carbons (Fsp3) is 0.481. The highest BCUT2D eigenvalue weighted by atomic mass is 16.4. The summed E-state index contributed by atoms with van der Waals surface area (Å²) in [5.74, 6) is 1.15. The quantitative estimate of drug-likeness (QED) is 0.205. The van der Waals surface area contributed by atoms with Crippen molar-refractivity contribution in [1.29, 1.82) is 0 Å². The molecule has 2 aromatic rings. The lowest BCUT2D eigenvalue weighted by atomic mass is 10.1. The van der Waals surface area contributed by atoms with Gasteiger partial charge in [0.25, 0.3) is 0 Å². The number of anilines is 2. The lowest BCUT2D eigenvalue weighted by Crippen LogP contribution is -2.39. The largest absolute Gasteiger partial charge is 0.480 e. The summed E-state index contributed by atoms with van der Waals surface area (Å²) in [4.78, 5) is 38.8. The highest BCUT2D eigenvalue weighted by molar-refractivity contribution is 5.77. The molecule has 0 saturated carbocycles. The molecule has 38 heavy (non-hydrogen) atoms. The topological polar surface area (TPSA) is 135 Å². The maximum absolute atomic E-state index is 12.0. The lowest BCUT2D eigenvalue weighted by molar-refractivity contribution is -0.369. The van der Waals surface area contributed by atoms with E-state index < -0.39 is 12.0 Å². The molecule has 11 heteroatoms. The van der Waals surface area contributed by atoms with E-state index in [0.29, 0.717) is 37.7 Å². The average Bonchev–Trinajstić information content (AvgIpc) is 2.87. The number of nitrogens with one attached hydrogen (secondary N) is 3. The Balaban J connectivity index is 1.28. The number of nitrogens with zero attached hydrogens (tertiary/aromatic N) is 5. The summed E-state index contributed by atoms with van der Waals surface area (Å²) < 4.78 is 1.84. The van der Waals surface area contributed by atoms with Gasteiger partial charge in [-0.15, -0.1) is 0 Å². The monoisotopic (exact) mass is 521 g/mol. The molecule has 1 atom stereocenters. The second kappa shape index (κ2) is 13.6. The zero-order valence-corrected chi connectivity index (χ0v) is 21.9. The van der Waals surface area contributed by atoms with Crippen molar-refractivity contribution in [3.8, 4) is 0 Å². The van der Waals surface area contributed by atoms with Crippen LogP contribution in [0.3, 0.4) is 0 Å². The SMILES string of the molecule is CC(=O)NCCN(CCCCc1ccc2c(n1)NCCC2)CC[C@H](Nc1cc([N+]2=CC=C2)ncn1)C(=O)O. The minimum Gasteiger partial charge on any atom is -0.480 e. The number of carboxylic acids is 1. The van der Waals surface area contributed by atoms with Crippen LogP contribution in [-0.2, 0) is 22.4 Å². The molecule has 2 aliphatic rings. The van der Waals surface area contributed by atoms with Crippen molar-refractivity contribution in [2.75, 3.05) is 43.4 Å². The van der Waals surface area contributed by atoms with Gasteiger partial charge < -0.3 is 26.0 Å². The number of carbonyl (C=O) groups is 2. The van der Waals surface area contributed by atoms with Gasteiger partial charge in [-0.25, -0.2) is 14.4 Å². The molecule has 4 N–H and O–H groups in total. The van der Waals surface area contributed by atoms with Crippen LogP contribution in [-0.4, -0.2) is 86.4 Å². The normalized spacial score (nSPS) is 14.6. The van der Waals surface area contributed by atoms with Gasteiger partial charge in [-0.1, -0.05) is 6.07 Å². The van der Waals surface area contributed by atoms with Gasteiger partial charge in [0, 0.05) is 44.9 Å². The number of unbranched alkanes of at least 4 members (excludes halogenated alkanes) is 1. The number of pyridine rings is 1. The number of carboxylic acid groups (broad SMARTS) is 1. The van der Waals surface area contributed by atoms with Gasteiger partial charge in [0.1, 0.15) is 17.7 Å². The zero-order valence-electron chi connectivity index (χ0n) is 21.9. The van der Waals surface area contributed by atoms with E-state index in [4.69, 9.17) is 4.98 Å². The molecule has 0 radical (unpaired) electrons. The van der Waals surface area contributed by atoms with Crippen LogP contribution in [0.25, 0.3) is 0 Å². The van der Waals surface area contributed by atoms with Crippen LogP contribution in [0.15, 0.2) is 36.8 Å². The van der Waals surface area contributed by atoms with Crippen molar-refractivity contribution in [2.45, 2.75) is 51.5 Å². The van der Waals surface area contributed by atoms with Crippen LogP contribution in [0.5, 0.6) is 0 Å². The van der Waals surface area contributed by atoms with Gasteiger partial charge in [0.05, 0.1) is 18.5 Å². The van der Waals surface area contributed by atoms with Crippen molar-refractivity contribution in [3.63, 3.8) is 0 Å². The molecule has 202 valence electrons. The van der Waals surface area contributed by atoms with Crippen LogP contribution in [0, 0.1) is 0 Å². The second-order valence-corrected chi connectivity index (χ2v) is 9.61. The molecule has 0 saturated heterocycles. The van der Waals surface area contributed by atoms with E-state index in [1.807, 2.05) is 23.1 Å². The van der Waals surface area contributed by atoms with Gasteiger partial charge >= 0.3 is 11.8 Å². The smallest absolute Gasteiger partial charge is 0.333 e. The number of hydrogen-bond donors (Lipinski definition) is 4. The first-order chi connectivity index (χ1) is 18.5. The Bertz CT molecular complexity index is 1180. The Kier molecular flexibility index (Phi) is 9.74. The molecule has 1 amide bonds. The third-order valence-electron chi connectivity index (χ3n) is 6.68. The molecule has 2 aliphatic heterocycles. The third-order valence-corrected chi connectivity index (χ3v) is 6.68. The molecule has 0 spiro atoms. The molecule has 4 heterocycles. The van der Waals surface area contributed by atoms with Gasteiger partial charge in [-0.3, -0.25) is 4.79 Å². The Morgan fingerprint density at radius 2 is 2.08 bits per heavy atom. The van der Waals surface area contributed by atoms with Gasteiger partial charge in [0.15, 0.2) is 0 Å². The van der Waals surface area contributed by atoms with Crippen molar-refractivity contribution in [2.24, 2.45) is 0 Å². The van der Waals surface area contributed by atoms with Crippen LogP contribution in [0.2, 0.25) is 0 Å². The molecular formula is C27H37N8O3+. The Morgan fingerprint density at radius 3 is 2.84 bits per heavy atom. The molecule has 0 aliphatic carbocycles. The minimum absolute atomic E-state index is 0.0732. The Hall–Kier alpha value is -3.86. The van der Waals surface area contributed by atoms with Crippen molar-refractivity contribution < 1.29 is 19.3 Å². The number of aryl methyl sites for hydroxylation is 2. The Morgan fingerprint density at radius 1 is 1.21 bits per heavy atom. The molecule has 0 aromatic carbocycles. The van der Waals surface area contributed by atoms with E-state index in [9.17, 15) is 14.7 Å². The number of aromatic nitrogens is 3. The molecule has 4 rings (SSSR count). The van der Waals surface area contributed by atoms with Crippen molar-refractivity contribution in [1.82, 2.24) is 25.2 Å². The van der Waals surface area contributed by atoms with Crippen LogP contribution in [0.1, 0.15) is 43.9 Å². The third kappa shape index (κ3) is 8.07. The summed E-state index contributed by atoms with van der Waals surface area (Å²) in [6, 6.07) is 5.23. The number of fused-ring (bicyclic) bond motifs is 1. The van der Waals surface area contributed by atoms with Gasteiger partial charge in [0.2, 0.25) is 12.2 Å². The van der Waals surface area contributed by atoms with Gasteiger partial charge in [-0.05, 0) is 61.7 Å². The first-order valence-electron chi connectivity index (χ1n) is 13.3. The predicted octanol–water partition coefficient (Wildman–Crippen LogP) is 2.19. The minimum atomic E-state index is -0.936. The fourth-order valence-electron chi connectivity index (χ4n) is 4.51. The number of amides is 1. The molecule has 0 bridgehead atoms. The average molecular weight is 522 g/mol. The maximum atomic E-state index is 12.0. The Labute approximate surface area is 223 Å². The number of hydrogen-bond acceptors (Lipinski definition) is 8. The summed E-state index contributed by atoms with van der Waals surface area (Å²) in [5.41, 5.74) is 2.38. The van der Waals surface area contributed by atoms with E-state index in [1.54, 1.807) is 6.07 Å². The molecular weight excluding hydrogens is 484 g/mol. The number of allylic oxidation sites excluding steroid dienone is 1. The molecule has 2 aromatic heterocycles. The number of aliphatic carboxylic acids is 1. The molecule has 0 unspecified atom stereocenters. The summed E-state index contributed by atoms with van der Waals surface area (Å²) in [7, 11) is 0. The second-order valence-electron chi connectivity index (χ2n) is 9.61. The summed E-state index contributed by atoms with van der Waals surface area (Å²) in [6.07, 6.45) is 12.5. The van der Waals surface area contributed by atoms with E-state index in [-0.39, 0.29) is 5.91 Å². The van der Waals surface area contributed by atoms with Crippen molar-refractivity contribution in [3.05, 3.63) is 48.1 Å². The predicted molar refractivity (Wildman–Crippen MR) is 146 cm³/mol. The van der Waals surface area contributed by atoms with Crippen LogP contribution in [0.4, 0.5) is 17.5 Å². The van der Waals surface area contributed by atoms with E-state index in [1.165, 1.54) is 18.8 Å². The highest BCUT2D eigenvalue weighted by Gasteiger charge is 2.21.